The van der Waals surface area contributed by atoms with E-state index >= 15 is 0 Å². The summed E-state index contributed by atoms with van der Waals surface area (Å²) in [7, 11) is 0. The van der Waals surface area contributed by atoms with Crippen LogP contribution in [0.1, 0.15) is 17.0 Å². The Balaban J connectivity index is 1.58. The molecule has 0 saturated carbocycles. The number of hydrogen-bond donors (Lipinski definition) is 3. The number of carbonyl (C=O) groups excluding carboxylic acids is 1. The molecule has 1 aliphatic rings. The molecular formula is C14H16N4OS. The molecule has 0 saturated heterocycles. The number of hydrogen-bond acceptors (Lipinski definition) is 4. The lowest BCUT2D eigenvalue weighted by Crippen LogP contribution is -2.41. The minimum Gasteiger partial charge on any atom is -0.375 e. The van der Waals surface area contributed by atoms with Crippen LogP contribution in [0, 0.1) is 0 Å². The number of nitrogens with one attached hydrogen (secondary N) is 2. The van der Waals surface area contributed by atoms with Gasteiger partial charge in [0.05, 0.1) is 5.69 Å². The van der Waals surface area contributed by atoms with Crippen molar-refractivity contribution in [2.24, 2.45) is 0 Å². The van der Waals surface area contributed by atoms with E-state index in [2.05, 4.69) is 15.6 Å². The number of carbonyl (C=O) groups is 1. The van der Waals surface area contributed by atoms with Gasteiger partial charge >= 0.3 is 6.03 Å². The Labute approximate surface area is 121 Å². The van der Waals surface area contributed by atoms with Crippen molar-refractivity contribution in [1.29, 1.82) is 0 Å². The molecule has 0 bridgehead atoms. The molecular weight excluding hydrogens is 272 g/mol. The van der Waals surface area contributed by atoms with E-state index in [1.807, 2.05) is 30.3 Å². The molecule has 1 aromatic heterocycles. The number of benzene rings is 1. The maximum atomic E-state index is 11.9. The summed E-state index contributed by atoms with van der Waals surface area (Å²) in [6, 6.07) is 9.41. The number of aryl methyl sites for hydroxylation is 1. The third-order valence-corrected chi connectivity index (χ3v) is 4.27. The lowest BCUT2D eigenvalue weighted by atomic mass is 9.98. The Morgan fingerprint density at radius 3 is 2.95 bits per heavy atom. The summed E-state index contributed by atoms with van der Waals surface area (Å²) in [6.07, 6.45) is 2.59. The average molecular weight is 288 g/mol. The second-order valence-electron chi connectivity index (χ2n) is 4.83. The van der Waals surface area contributed by atoms with E-state index < -0.39 is 0 Å². The molecule has 6 heteroatoms. The Morgan fingerprint density at radius 2 is 2.15 bits per heavy atom. The van der Waals surface area contributed by atoms with Gasteiger partial charge in [-0.15, -0.1) is 11.3 Å². The molecule has 1 unspecified atom stereocenters. The maximum absolute atomic E-state index is 11.9. The van der Waals surface area contributed by atoms with Crippen molar-refractivity contribution in [3.8, 4) is 0 Å². The summed E-state index contributed by atoms with van der Waals surface area (Å²) in [5.41, 5.74) is 7.60. The van der Waals surface area contributed by atoms with Crippen molar-refractivity contribution >= 4 is 28.2 Å². The first-order chi connectivity index (χ1) is 9.70. The molecule has 0 spiro atoms. The fourth-order valence-electron chi connectivity index (χ4n) is 2.39. The topological polar surface area (TPSA) is 80.0 Å². The standard InChI is InChI=1S/C14H16N4OS/c15-13-18-11-7-6-10(8-12(11)20-13)17-14(19)16-9-4-2-1-3-5-9/h1-5,10H,6-8H2,(H2,15,18)(H2,16,17,19). The highest BCUT2D eigenvalue weighted by Crippen LogP contribution is 2.28. The van der Waals surface area contributed by atoms with Crippen molar-refractivity contribution in [2.45, 2.75) is 25.3 Å². The van der Waals surface area contributed by atoms with Crippen LogP contribution < -0.4 is 16.4 Å². The van der Waals surface area contributed by atoms with Gasteiger partial charge < -0.3 is 16.4 Å². The zero-order chi connectivity index (χ0) is 13.9. The summed E-state index contributed by atoms with van der Waals surface area (Å²) >= 11 is 1.52. The first kappa shape index (κ1) is 12.9. The number of nitrogens with two attached hydrogens (primary N) is 1. The van der Waals surface area contributed by atoms with E-state index in [0.717, 1.165) is 30.6 Å². The van der Waals surface area contributed by atoms with Gasteiger partial charge in [0, 0.05) is 23.0 Å². The molecule has 4 N–H and O–H groups in total. The highest BCUT2D eigenvalue weighted by atomic mass is 32.1. The number of nitrogen functional groups attached to an aromatic ring is 1. The molecule has 2 aromatic rings. The third kappa shape index (κ3) is 2.91. The zero-order valence-corrected chi connectivity index (χ0v) is 11.7. The molecule has 0 aliphatic heterocycles. The summed E-state index contributed by atoms with van der Waals surface area (Å²) in [4.78, 5) is 17.4. The van der Waals surface area contributed by atoms with E-state index in [4.69, 9.17) is 5.73 Å². The molecule has 1 aromatic carbocycles. The minimum atomic E-state index is -0.165. The minimum absolute atomic E-state index is 0.145. The molecule has 1 heterocycles. The first-order valence-electron chi connectivity index (χ1n) is 6.57. The van der Waals surface area contributed by atoms with Gasteiger partial charge in [0.1, 0.15) is 0 Å². The van der Waals surface area contributed by atoms with Gasteiger partial charge in [-0.25, -0.2) is 9.78 Å². The number of amides is 2. The average Bonchev–Trinajstić information content (AvgIpc) is 2.79. The molecule has 20 heavy (non-hydrogen) atoms. The highest BCUT2D eigenvalue weighted by Gasteiger charge is 2.23. The van der Waals surface area contributed by atoms with Crippen LogP contribution in [0.3, 0.4) is 0 Å². The highest BCUT2D eigenvalue weighted by molar-refractivity contribution is 7.15. The lowest BCUT2D eigenvalue weighted by molar-refractivity contribution is 0.247. The summed E-state index contributed by atoms with van der Waals surface area (Å²) in [6.45, 7) is 0. The zero-order valence-electron chi connectivity index (χ0n) is 10.9. The van der Waals surface area contributed by atoms with Gasteiger partial charge in [0.2, 0.25) is 0 Å². The smallest absolute Gasteiger partial charge is 0.319 e. The molecule has 1 aliphatic carbocycles. The van der Waals surface area contributed by atoms with Crippen LogP contribution in [-0.2, 0) is 12.8 Å². The van der Waals surface area contributed by atoms with Gasteiger partial charge in [-0.3, -0.25) is 0 Å². The Kier molecular flexibility index (Phi) is 3.56. The van der Waals surface area contributed by atoms with Crippen molar-refractivity contribution in [1.82, 2.24) is 10.3 Å². The van der Waals surface area contributed by atoms with E-state index in [-0.39, 0.29) is 12.1 Å². The van der Waals surface area contributed by atoms with E-state index in [9.17, 15) is 4.79 Å². The van der Waals surface area contributed by atoms with Gasteiger partial charge in [0.15, 0.2) is 5.13 Å². The number of urea groups is 1. The van der Waals surface area contributed by atoms with Crippen molar-refractivity contribution in [3.05, 3.63) is 40.9 Å². The molecule has 104 valence electrons. The van der Waals surface area contributed by atoms with Gasteiger partial charge in [-0.2, -0.15) is 0 Å². The number of para-hydroxylation sites is 1. The predicted molar refractivity (Wildman–Crippen MR) is 80.9 cm³/mol. The largest absolute Gasteiger partial charge is 0.375 e. The van der Waals surface area contributed by atoms with Crippen LogP contribution in [0.4, 0.5) is 15.6 Å². The Hall–Kier alpha value is -2.08. The second kappa shape index (κ2) is 5.50. The maximum Gasteiger partial charge on any atom is 0.319 e. The molecule has 0 radical (unpaired) electrons. The predicted octanol–water partition coefficient (Wildman–Crippen LogP) is 2.40. The van der Waals surface area contributed by atoms with E-state index in [1.54, 1.807) is 0 Å². The van der Waals surface area contributed by atoms with Crippen LogP contribution in [0.5, 0.6) is 0 Å². The Bertz CT molecular complexity index is 611. The van der Waals surface area contributed by atoms with Gasteiger partial charge in [0.25, 0.3) is 0 Å². The number of rotatable bonds is 2. The molecule has 0 fully saturated rings. The molecule has 2 amide bonds. The quantitative estimate of drug-likeness (QED) is 0.794. The lowest BCUT2D eigenvalue weighted by Gasteiger charge is -2.22. The van der Waals surface area contributed by atoms with E-state index in [0.29, 0.717) is 5.13 Å². The normalized spacial score (nSPS) is 17.3. The Morgan fingerprint density at radius 1 is 1.35 bits per heavy atom. The number of nitrogens with zero attached hydrogens (tertiary/aromatic N) is 1. The van der Waals surface area contributed by atoms with Gasteiger partial charge in [-0.1, -0.05) is 18.2 Å². The van der Waals surface area contributed by atoms with E-state index in [1.165, 1.54) is 16.2 Å². The first-order valence-corrected chi connectivity index (χ1v) is 7.39. The summed E-state index contributed by atoms with van der Waals surface area (Å²) in [5.74, 6) is 0. The number of anilines is 2. The van der Waals surface area contributed by atoms with Crippen LogP contribution in [0.2, 0.25) is 0 Å². The SMILES string of the molecule is Nc1nc2c(s1)CC(NC(=O)Nc1ccccc1)CC2. The number of thiazole rings is 1. The fraction of sp³-hybridized carbons (Fsp3) is 0.286. The summed E-state index contributed by atoms with van der Waals surface area (Å²) < 4.78 is 0. The fourth-order valence-corrected chi connectivity index (χ4v) is 3.35. The summed E-state index contributed by atoms with van der Waals surface area (Å²) in [5, 5.41) is 6.45. The molecule has 3 rings (SSSR count). The number of aromatic nitrogens is 1. The van der Waals surface area contributed by atoms with Crippen molar-refractivity contribution < 1.29 is 4.79 Å². The van der Waals surface area contributed by atoms with Gasteiger partial charge in [-0.05, 0) is 25.0 Å². The van der Waals surface area contributed by atoms with Crippen molar-refractivity contribution in [3.63, 3.8) is 0 Å². The second-order valence-corrected chi connectivity index (χ2v) is 5.94. The number of fused-ring (bicyclic) bond motifs is 1. The molecule has 5 nitrogen and oxygen atoms in total. The van der Waals surface area contributed by atoms with Crippen LogP contribution in [0.25, 0.3) is 0 Å². The molecule has 1 atom stereocenters. The van der Waals surface area contributed by atoms with Crippen LogP contribution in [-0.4, -0.2) is 17.1 Å². The van der Waals surface area contributed by atoms with Crippen molar-refractivity contribution in [2.75, 3.05) is 11.1 Å². The van der Waals surface area contributed by atoms with Crippen LogP contribution >= 0.6 is 11.3 Å². The van der Waals surface area contributed by atoms with Crippen LogP contribution in [0.15, 0.2) is 30.3 Å². The monoisotopic (exact) mass is 288 g/mol. The third-order valence-electron chi connectivity index (χ3n) is 3.32.